The number of nitrogens with one attached hydrogen (secondary N) is 1. The van der Waals surface area contributed by atoms with Crippen LogP contribution in [0.3, 0.4) is 0 Å². The largest absolute Gasteiger partial charge is 0.497 e. The maximum atomic E-state index is 12.1. The normalized spacial score (nSPS) is 14.8. The van der Waals surface area contributed by atoms with E-state index in [-0.39, 0.29) is 11.8 Å². The second-order valence-electron chi connectivity index (χ2n) is 6.70. The predicted molar refractivity (Wildman–Crippen MR) is 98.6 cm³/mol. The van der Waals surface area contributed by atoms with E-state index in [1.54, 1.807) is 14.0 Å². The molecule has 1 aromatic carbocycles. The maximum Gasteiger partial charge on any atom is 0.221 e. The monoisotopic (exact) mass is 346 g/mol. The third kappa shape index (κ3) is 6.40. The molecule has 1 N–H and O–H groups in total. The lowest BCUT2D eigenvalue weighted by molar-refractivity contribution is -0.132. The van der Waals surface area contributed by atoms with E-state index >= 15 is 0 Å². The van der Waals surface area contributed by atoms with Crippen LogP contribution in [0.2, 0.25) is 0 Å². The van der Waals surface area contributed by atoms with Gasteiger partial charge in [-0.2, -0.15) is 0 Å². The van der Waals surface area contributed by atoms with Crippen molar-refractivity contribution in [1.82, 2.24) is 10.2 Å². The summed E-state index contributed by atoms with van der Waals surface area (Å²) in [6.07, 6.45) is 6.92. The van der Waals surface area contributed by atoms with E-state index < -0.39 is 0 Å². The Morgan fingerprint density at radius 2 is 1.84 bits per heavy atom. The maximum absolute atomic E-state index is 12.1. The molecule has 25 heavy (non-hydrogen) atoms. The summed E-state index contributed by atoms with van der Waals surface area (Å²) in [6.45, 7) is 2.74. The number of rotatable bonds is 8. The standard InChI is InChI=1S/C20H30N2O3/c1-16(23)22(18-6-4-3-5-7-18)15-13-20(24)21-14-12-17-8-10-19(25-2)11-9-17/h8-11,18H,3-7,12-15H2,1-2H3,(H,21,24). The molecule has 1 aliphatic carbocycles. The van der Waals surface area contributed by atoms with Crippen LogP contribution in [-0.4, -0.2) is 43.0 Å². The first-order chi connectivity index (χ1) is 12.1. The van der Waals surface area contributed by atoms with Gasteiger partial charge < -0.3 is 15.0 Å². The minimum Gasteiger partial charge on any atom is -0.497 e. The summed E-state index contributed by atoms with van der Waals surface area (Å²) in [5, 5.41) is 2.95. The third-order valence-electron chi connectivity index (χ3n) is 4.89. The van der Waals surface area contributed by atoms with Crippen molar-refractivity contribution in [2.24, 2.45) is 0 Å². The summed E-state index contributed by atoms with van der Waals surface area (Å²) in [5.74, 6) is 0.924. The minimum atomic E-state index is 0.00979. The Morgan fingerprint density at radius 1 is 1.16 bits per heavy atom. The van der Waals surface area contributed by atoms with Crippen LogP contribution in [0.4, 0.5) is 0 Å². The highest BCUT2D eigenvalue weighted by atomic mass is 16.5. The van der Waals surface area contributed by atoms with Crippen LogP contribution in [0.15, 0.2) is 24.3 Å². The van der Waals surface area contributed by atoms with Gasteiger partial charge in [0.05, 0.1) is 7.11 Å². The molecule has 0 bridgehead atoms. The van der Waals surface area contributed by atoms with Gasteiger partial charge >= 0.3 is 0 Å². The number of carbonyl (C=O) groups is 2. The van der Waals surface area contributed by atoms with Gasteiger partial charge in [0.25, 0.3) is 0 Å². The molecule has 0 spiro atoms. The zero-order chi connectivity index (χ0) is 18.1. The number of methoxy groups -OCH3 is 1. The third-order valence-corrected chi connectivity index (χ3v) is 4.89. The molecule has 0 aromatic heterocycles. The van der Waals surface area contributed by atoms with Crippen molar-refractivity contribution in [1.29, 1.82) is 0 Å². The Kier molecular flexibility index (Phi) is 7.76. The molecule has 0 heterocycles. The highest BCUT2D eigenvalue weighted by molar-refractivity contribution is 5.78. The highest BCUT2D eigenvalue weighted by Gasteiger charge is 2.23. The Labute approximate surface area is 150 Å². The van der Waals surface area contributed by atoms with Gasteiger partial charge in [-0.1, -0.05) is 31.4 Å². The van der Waals surface area contributed by atoms with Crippen LogP contribution >= 0.6 is 0 Å². The van der Waals surface area contributed by atoms with Crippen LogP contribution in [-0.2, 0) is 16.0 Å². The Hall–Kier alpha value is -2.04. The van der Waals surface area contributed by atoms with Crippen molar-refractivity contribution in [3.05, 3.63) is 29.8 Å². The van der Waals surface area contributed by atoms with Crippen molar-refractivity contribution >= 4 is 11.8 Å². The Balaban J connectivity index is 1.70. The van der Waals surface area contributed by atoms with Crippen LogP contribution in [0, 0.1) is 0 Å². The topological polar surface area (TPSA) is 58.6 Å². The van der Waals surface area contributed by atoms with E-state index in [2.05, 4.69) is 5.32 Å². The molecule has 2 rings (SSSR count). The fraction of sp³-hybridized carbons (Fsp3) is 0.600. The molecule has 0 aliphatic heterocycles. The van der Waals surface area contributed by atoms with E-state index in [0.29, 0.717) is 25.6 Å². The Bertz CT molecular complexity index is 551. The molecule has 2 amide bonds. The molecular formula is C20H30N2O3. The van der Waals surface area contributed by atoms with Gasteiger partial charge in [-0.15, -0.1) is 0 Å². The SMILES string of the molecule is COc1ccc(CCNC(=O)CCN(C(C)=O)C2CCCCC2)cc1. The van der Waals surface area contributed by atoms with Crippen LogP contribution in [0.5, 0.6) is 5.75 Å². The van der Waals surface area contributed by atoms with Crippen molar-refractivity contribution < 1.29 is 14.3 Å². The molecular weight excluding hydrogens is 316 g/mol. The van der Waals surface area contributed by atoms with Gasteiger partial charge in [-0.05, 0) is 37.0 Å². The zero-order valence-electron chi connectivity index (χ0n) is 15.4. The number of hydrogen-bond donors (Lipinski definition) is 1. The molecule has 1 saturated carbocycles. The summed E-state index contributed by atoms with van der Waals surface area (Å²) in [6, 6.07) is 8.17. The number of nitrogens with zero attached hydrogens (tertiary/aromatic N) is 1. The van der Waals surface area contributed by atoms with Gasteiger partial charge in [-0.25, -0.2) is 0 Å². The summed E-state index contributed by atoms with van der Waals surface area (Å²) < 4.78 is 5.13. The summed E-state index contributed by atoms with van der Waals surface area (Å²) in [7, 11) is 1.65. The predicted octanol–water partition coefficient (Wildman–Crippen LogP) is 2.93. The van der Waals surface area contributed by atoms with E-state index in [1.165, 1.54) is 19.3 Å². The smallest absolute Gasteiger partial charge is 0.221 e. The van der Waals surface area contributed by atoms with Crippen LogP contribution < -0.4 is 10.1 Å². The van der Waals surface area contributed by atoms with Gasteiger partial charge in [-0.3, -0.25) is 9.59 Å². The van der Waals surface area contributed by atoms with Crippen LogP contribution in [0.25, 0.3) is 0 Å². The minimum absolute atomic E-state index is 0.00979. The average Bonchev–Trinajstić information content (AvgIpc) is 2.63. The van der Waals surface area contributed by atoms with Gasteiger partial charge in [0.1, 0.15) is 5.75 Å². The second kappa shape index (κ2) is 10.1. The number of hydrogen-bond acceptors (Lipinski definition) is 3. The second-order valence-corrected chi connectivity index (χ2v) is 6.70. The molecule has 0 radical (unpaired) electrons. The number of carbonyl (C=O) groups excluding carboxylic acids is 2. The van der Waals surface area contributed by atoms with E-state index in [4.69, 9.17) is 4.74 Å². The van der Waals surface area contributed by atoms with Gasteiger partial charge in [0.2, 0.25) is 11.8 Å². The molecule has 0 saturated heterocycles. The lowest BCUT2D eigenvalue weighted by atomic mass is 9.94. The first-order valence-electron chi connectivity index (χ1n) is 9.27. The van der Waals surface area contributed by atoms with Gasteiger partial charge in [0.15, 0.2) is 0 Å². The van der Waals surface area contributed by atoms with Crippen molar-refractivity contribution in [2.45, 2.75) is 57.9 Å². The fourth-order valence-corrected chi connectivity index (χ4v) is 3.44. The molecule has 0 unspecified atom stereocenters. The first-order valence-corrected chi connectivity index (χ1v) is 9.27. The van der Waals surface area contributed by atoms with E-state index in [0.717, 1.165) is 30.6 Å². The lowest BCUT2D eigenvalue weighted by Gasteiger charge is -2.33. The molecule has 1 aromatic rings. The molecule has 1 fully saturated rings. The van der Waals surface area contributed by atoms with Crippen molar-refractivity contribution in [3.63, 3.8) is 0 Å². The molecule has 1 aliphatic rings. The molecule has 5 nitrogen and oxygen atoms in total. The summed E-state index contributed by atoms with van der Waals surface area (Å²) in [4.78, 5) is 25.9. The van der Waals surface area contributed by atoms with E-state index in [9.17, 15) is 9.59 Å². The highest BCUT2D eigenvalue weighted by Crippen LogP contribution is 2.22. The number of ether oxygens (including phenoxy) is 1. The zero-order valence-corrected chi connectivity index (χ0v) is 15.4. The fourth-order valence-electron chi connectivity index (χ4n) is 3.44. The number of benzene rings is 1. The van der Waals surface area contributed by atoms with Crippen molar-refractivity contribution in [3.8, 4) is 5.75 Å². The van der Waals surface area contributed by atoms with Crippen molar-refractivity contribution in [2.75, 3.05) is 20.2 Å². The van der Waals surface area contributed by atoms with E-state index in [1.807, 2.05) is 29.2 Å². The first kappa shape index (κ1) is 19.3. The molecule has 138 valence electrons. The lowest BCUT2D eigenvalue weighted by Crippen LogP contribution is -2.42. The summed E-state index contributed by atoms with van der Waals surface area (Å²) in [5.41, 5.74) is 1.16. The Morgan fingerprint density at radius 3 is 2.44 bits per heavy atom. The quantitative estimate of drug-likeness (QED) is 0.787. The average molecular weight is 346 g/mol. The van der Waals surface area contributed by atoms with Crippen LogP contribution in [0.1, 0.15) is 51.0 Å². The number of amides is 2. The van der Waals surface area contributed by atoms with Gasteiger partial charge in [0, 0.05) is 32.5 Å². The molecule has 5 heteroatoms. The summed E-state index contributed by atoms with van der Waals surface area (Å²) >= 11 is 0. The molecule has 0 atom stereocenters.